The summed E-state index contributed by atoms with van der Waals surface area (Å²) in [6, 6.07) is 12.3. The number of nitrogens with zero attached hydrogens (tertiary/aromatic N) is 2. The summed E-state index contributed by atoms with van der Waals surface area (Å²) in [5, 5.41) is 32.4. The summed E-state index contributed by atoms with van der Waals surface area (Å²) < 4.78 is 5.39. The van der Waals surface area contributed by atoms with Gasteiger partial charge in [-0.2, -0.15) is 5.26 Å². The zero-order valence-electron chi connectivity index (χ0n) is 14.2. The van der Waals surface area contributed by atoms with Crippen molar-refractivity contribution in [1.29, 1.82) is 5.26 Å². The molecule has 8 nitrogen and oxygen atoms in total. The van der Waals surface area contributed by atoms with E-state index in [4.69, 9.17) is 10.00 Å². The van der Waals surface area contributed by atoms with Crippen molar-refractivity contribution in [3.8, 4) is 11.8 Å². The summed E-state index contributed by atoms with van der Waals surface area (Å²) in [7, 11) is 0. The van der Waals surface area contributed by atoms with E-state index in [0.717, 1.165) is 0 Å². The van der Waals surface area contributed by atoms with Crippen molar-refractivity contribution in [1.82, 2.24) is 0 Å². The molecule has 0 aliphatic carbocycles. The van der Waals surface area contributed by atoms with Gasteiger partial charge < -0.3 is 15.2 Å². The van der Waals surface area contributed by atoms with Crippen molar-refractivity contribution in [2.45, 2.75) is 19.4 Å². The molecule has 134 valence electrons. The molecular weight excluding hydrogens is 338 g/mol. The third kappa shape index (κ3) is 4.55. The molecule has 0 saturated carbocycles. The zero-order valence-corrected chi connectivity index (χ0v) is 14.2. The maximum atomic E-state index is 12.3. The molecule has 0 radical (unpaired) electrons. The highest BCUT2D eigenvalue weighted by atomic mass is 16.6. The summed E-state index contributed by atoms with van der Waals surface area (Å²) >= 11 is 0. The number of nitriles is 1. The van der Waals surface area contributed by atoms with E-state index in [0.29, 0.717) is 22.6 Å². The summed E-state index contributed by atoms with van der Waals surface area (Å²) in [6.45, 7) is 2.54. The molecule has 1 amide bonds. The van der Waals surface area contributed by atoms with Crippen molar-refractivity contribution in [3.63, 3.8) is 0 Å². The van der Waals surface area contributed by atoms with Crippen molar-refractivity contribution in [2.75, 3.05) is 11.9 Å². The molecule has 1 unspecified atom stereocenters. The molecule has 0 aliphatic heterocycles. The van der Waals surface area contributed by atoms with Crippen LogP contribution in [0.3, 0.4) is 0 Å². The topological polar surface area (TPSA) is 125 Å². The number of nitro groups is 1. The van der Waals surface area contributed by atoms with Gasteiger partial charge in [-0.25, -0.2) is 0 Å². The lowest BCUT2D eigenvalue weighted by molar-refractivity contribution is -0.385. The Balaban J connectivity index is 2.01. The number of rotatable bonds is 6. The van der Waals surface area contributed by atoms with Crippen LogP contribution in [0.1, 0.15) is 18.1 Å². The Kier molecular flexibility index (Phi) is 5.54. The van der Waals surface area contributed by atoms with E-state index in [9.17, 15) is 20.0 Å². The smallest absolute Gasteiger partial charge is 0.272 e. The summed E-state index contributed by atoms with van der Waals surface area (Å²) in [5.41, 5.74) is -0.698. The second-order valence-corrected chi connectivity index (χ2v) is 5.91. The number of nitro benzene ring substituents is 1. The van der Waals surface area contributed by atoms with Gasteiger partial charge in [0.05, 0.1) is 16.6 Å². The molecule has 0 spiro atoms. The van der Waals surface area contributed by atoms with E-state index >= 15 is 0 Å². The molecule has 2 aromatic carbocycles. The van der Waals surface area contributed by atoms with Crippen molar-refractivity contribution in [2.24, 2.45) is 0 Å². The highest BCUT2D eigenvalue weighted by molar-refractivity contribution is 5.97. The van der Waals surface area contributed by atoms with Crippen LogP contribution in [0.15, 0.2) is 42.5 Å². The first-order chi connectivity index (χ1) is 12.2. The number of nitrogens with one attached hydrogen (secondary N) is 1. The fourth-order valence-corrected chi connectivity index (χ4v) is 2.12. The molecular formula is C18H17N3O5. The van der Waals surface area contributed by atoms with Crippen molar-refractivity contribution < 1.29 is 19.6 Å². The fraction of sp³-hybridized carbons (Fsp3) is 0.222. The van der Waals surface area contributed by atoms with Crippen LogP contribution in [0.2, 0.25) is 0 Å². The van der Waals surface area contributed by atoms with Gasteiger partial charge in [0.25, 0.3) is 11.6 Å². The van der Waals surface area contributed by atoms with Gasteiger partial charge in [0.1, 0.15) is 12.4 Å². The minimum Gasteiger partial charge on any atom is -0.490 e. The van der Waals surface area contributed by atoms with Gasteiger partial charge in [-0.1, -0.05) is 0 Å². The SMILES string of the molecule is Cc1cc(NC(=O)C(C)(O)COc2ccc(C#N)cc2)ccc1[N+](=O)[O-]. The van der Waals surface area contributed by atoms with Crippen molar-refractivity contribution in [3.05, 3.63) is 63.7 Å². The number of amides is 1. The van der Waals surface area contributed by atoms with Gasteiger partial charge >= 0.3 is 0 Å². The lowest BCUT2D eigenvalue weighted by Gasteiger charge is -2.22. The number of hydrogen-bond acceptors (Lipinski definition) is 6. The first kappa shape index (κ1) is 18.9. The van der Waals surface area contributed by atoms with Gasteiger partial charge in [0.2, 0.25) is 0 Å². The number of hydrogen-bond donors (Lipinski definition) is 2. The Morgan fingerprint density at radius 3 is 2.54 bits per heavy atom. The number of ether oxygens (including phenoxy) is 1. The standard InChI is InChI=1S/C18H17N3O5/c1-12-9-14(5-8-16(12)21(24)25)20-17(22)18(2,23)11-26-15-6-3-13(10-19)4-7-15/h3-9,23H,11H2,1-2H3,(H,20,22). The normalized spacial score (nSPS) is 12.5. The number of benzene rings is 2. The molecule has 2 aromatic rings. The Morgan fingerprint density at radius 1 is 1.35 bits per heavy atom. The Bertz CT molecular complexity index is 869. The van der Waals surface area contributed by atoms with Gasteiger partial charge in [0.15, 0.2) is 5.60 Å². The quantitative estimate of drug-likeness (QED) is 0.606. The van der Waals surface area contributed by atoms with Crippen LogP contribution in [0.5, 0.6) is 5.75 Å². The highest BCUT2D eigenvalue weighted by Crippen LogP contribution is 2.22. The van der Waals surface area contributed by atoms with Crippen LogP contribution < -0.4 is 10.1 Å². The van der Waals surface area contributed by atoms with Crippen LogP contribution in [0, 0.1) is 28.4 Å². The molecule has 0 fully saturated rings. The predicted octanol–water partition coefficient (Wildman–Crippen LogP) is 2.54. The third-order valence-electron chi connectivity index (χ3n) is 3.64. The molecule has 0 aliphatic rings. The number of anilines is 1. The summed E-state index contributed by atoms with van der Waals surface area (Å²) in [6.07, 6.45) is 0. The largest absolute Gasteiger partial charge is 0.490 e. The zero-order chi connectivity index (χ0) is 19.3. The molecule has 0 heterocycles. The maximum Gasteiger partial charge on any atom is 0.272 e. The molecule has 2 rings (SSSR count). The summed E-state index contributed by atoms with van der Waals surface area (Å²) in [5.74, 6) is -0.303. The first-order valence-electron chi connectivity index (χ1n) is 7.65. The van der Waals surface area contributed by atoms with Crippen LogP contribution in [-0.4, -0.2) is 28.1 Å². The molecule has 0 saturated heterocycles. The average Bonchev–Trinajstić information content (AvgIpc) is 2.60. The van der Waals surface area contributed by atoms with Crippen molar-refractivity contribution >= 4 is 17.3 Å². The number of carbonyl (C=O) groups excluding carboxylic acids is 1. The van der Waals surface area contributed by atoms with E-state index in [2.05, 4.69) is 5.32 Å². The number of aliphatic hydroxyl groups is 1. The van der Waals surface area contributed by atoms with E-state index in [1.54, 1.807) is 31.2 Å². The molecule has 0 aromatic heterocycles. The van der Waals surface area contributed by atoms with E-state index < -0.39 is 16.4 Å². The van der Waals surface area contributed by atoms with Gasteiger partial charge in [0, 0.05) is 17.3 Å². The van der Waals surface area contributed by atoms with Gasteiger partial charge in [-0.05, 0) is 50.2 Å². The molecule has 8 heteroatoms. The van der Waals surface area contributed by atoms with Crippen LogP contribution in [0.4, 0.5) is 11.4 Å². The minimum absolute atomic E-state index is 0.0566. The average molecular weight is 355 g/mol. The second kappa shape index (κ2) is 7.63. The van der Waals surface area contributed by atoms with Crippen LogP contribution in [0.25, 0.3) is 0 Å². The van der Waals surface area contributed by atoms with Crippen LogP contribution >= 0.6 is 0 Å². The Hall–Kier alpha value is -3.44. The molecule has 26 heavy (non-hydrogen) atoms. The predicted molar refractivity (Wildman–Crippen MR) is 93.7 cm³/mol. The third-order valence-corrected chi connectivity index (χ3v) is 3.64. The lowest BCUT2D eigenvalue weighted by Crippen LogP contribution is -2.45. The highest BCUT2D eigenvalue weighted by Gasteiger charge is 2.31. The minimum atomic E-state index is -1.83. The van der Waals surface area contributed by atoms with E-state index in [-0.39, 0.29) is 12.3 Å². The van der Waals surface area contributed by atoms with Gasteiger partial charge in [-0.3, -0.25) is 14.9 Å². The molecule has 1 atom stereocenters. The van der Waals surface area contributed by atoms with E-state index in [1.165, 1.54) is 25.1 Å². The molecule has 0 bridgehead atoms. The number of carbonyl (C=O) groups is 1. The lowest BCUT2D eigenvalue weighted by atomic mass is 10.1. The second-order valence-electron chi connectivity index (χ2n) is 5.91. The maximum absolute atomic E-state index is 12.3. The van der Waals surface area contributed by atoms with Gasteiger partial charge in [-0.15, -0.1) is 0 Å². The monoisotopic (exact) mass is 355 g/mol. The van der Waals surface area contributed by atoms with Crippen LogP contribution in [-0.2, 0) is 4.79 Å². The Labute approximate surface area is 149 Å². The summed E-state index contributed by atoms with van der Waals surface area (Å²) in [4.78, 5) is 22.6. The van der Waals surface area contributed by atoms with E-state index in [1.807, 2.05) is 6.07 Å². The first-order valence-corrected chi connectivity index (χ1v) is 7.65. The fourth-order valence-electron chi connectivity index (χ4n) is 2.12. The molecule has 2 N–H and O–H groups in total. The Morgan fingerprint density at radius 2 is 2.00 bits per heavy atom. The number of aryl methyl sites for hydroxylation is 1.